The molecule has 3 N–H and O–H groups in total. The molecule has 1 rings (SSSR count). The number of hydrogen-bond acceptors (Lipinski definition) is 4. The summed E-state index contributed by atoms with van der Waals surface area (Å²) in [5, 5.41) is 8.92. The molecular weight excluding hydrogens is 234 g/mol. The first-order chi connectivity index (χ1) is 8.47. The molecule has 1 aromatic carbocycles. The van der Waals surface area contributed by atoms with Crippen LogP contribution in [0, 0.1) is 6.92 Å². The summed E-state index contributed by atoms with van der Waals surface area (Å²) in [6.07, 6.45) is -0.220. The summed E-state index contributed by atoms with van der Waals surface area (Å²) in [4.78, 5) is 22.7. The van der Waals surface area contributed by atoms with Crippen LogP contribution in [0.4, 0.5) is 5.69 Å². The molecular formula is C13H17NO4. The highest BCUT2D eigenvalue weighted by Gasteiger charge is 2.23. The lowest BCUT2D eigenvalue weighted by Gasteiger charge is -2.14. The maximum absolute atomic E-state index is 11.8. The van der Waals surface area contributed by atoms with Gasteiger partial charge in [0.15, 0.2) is 6.10 Å². The van der Waals surface area contributed by atoms with Crippen LogP contribution in [0.1, 0.15) is 35.7 Å². The van der Waals surface area contributed by atoms with Gasteiger partial charge in [0.1, 0.15) is 0 Å². The monoisotopic (exact) mass is 251 g/mol. The number of esters is 1. The normalized spacial score (nSPS) is 11.9. The van der Waals surface area contributed by atoms with E-state index in [0.29, 0.717) is 12.1 Å². The van der Waals surface area contributed by atoms with Crippen LogP contribution in [0.5, 0.6) is 0 Å². The van der Waals surface area contributed by atoms with Crippen molar-refractivity contribution in [1.29, 1.82) is 0 Å². The smallest absolute Gasteiger partial charge is 0.345 e. The molecule has 0 aliphatic carbocycles. The van der Waals surface area contributed by atoms with E-state index in [1.807, 2.05) is 6.92 Å². The van der Waals surface area contributed by atoms with Crippen LogP contribution in [0.2, 0.25) is 0 Å². The Morgan fingerprint density at radius 2 is 2.11 bits per heavy atom. The number of anilines is 1. The number of hydrogen-bond donors (Lipinski definition) is 2. The van der Waals surface area contributed by atoms with E-state index in [1.165, 1.54) is 6.07 Å². The summed E-state index contributed by atoms with van der Waals surface area (Å²) in [6, 6.07) is 4.97. The Balaban J connectivity index is 2.87. The van der Waals surface area contributed by atoms with E-state index >= 15 is 0 Å². The summed E-state index contributed by atoms with van der Waals surface area (Å²) in [5.74, 6) is -1.84. The molecule has 5 nitrogen and oxygen atoms in total. The van der Waals surface area contributed by atoms with Crippen LogP contribution in [0.3, 0.4) is 0 Å². The molecule has 0 radical (unpaired) electrons. The van der Waals surface area contributed by atoms with Gasteiger partial charge in [0.25, 0.3) is 0 Å². The molecule has 98 valence electrons. The second kappa shape index (κ2) is 6.05. The SMILES string of the molecule is CCCC(OC(=O)c1cccc(C)c1N)C(=O)O. The standard InChI is InChI=1S/C13H17NO4/c1-3-5-10(12(15)16)18-13(17)9-7-4-6-8(2)11(9)14/h4,6-7,10H,3,5,14H2,1-2H3,(H,15,16). The van der Waals surface area contributed by atoms with E-state index in [-0.39, 0.29) is 12.0 Å². The number of carbonyl (C=O) groups is 2. The lowest BCUT2D eigenvalue weighted by atomic mass is 10.1. The fourth-order valence-corrected chi connectivity index (χ4v) is 1.55. The summed E-state index contributed by atoms with van der Waals surface area (Å²) in [6.45, 7) is 3.59. The summed E-state index contributed by atoms with van der Waals surface area (Å²) >= 11 is 0. The molecule has 0 fully saturated rings. The average Bonchev–Trinajstić information content (AvgIpc) is 2.31. The number of ether oxygens (including phenoxy) is 1. The minimum absolute atomic E-state index is 0.206. The first kappa shape index (κ1) is 14.0. The molecule has 0 saturated heterocycles. The van der Waals surface area contributed by atoms with Gasteiger partial charge >= 0.3 is 11.9 Å². The number of nitrogen functional groups attached to an aromatic ring is 1. The highest BCUT2D eigenvalue weighted by atomic mass is 16.6. The number of aryl methyl sites for hydroxylation is 1. The van der Waals surface area contributed by atoms with Crippen molar-refractivity contribution in [2.45, 2.75) is 32.8 Å². The van der Waals surface area contributed by atoms with E-state index in [1.54, 1.807) is 19.1 Å². The van der Waals surface area contributed by atoms with Crippen molar-refractivity contribution >= 4 is 17.6 Å². The van der Waals surface area contributed by atoms with Crippen molar-refractivity contribution in [2.75, 3.05) is 5.73 Å². The second-order valence-electron chi connectivity index (χ2n) is 4.06. The fraction of sp³-hybridized carbons (Fsp3) is 0.385. The molecule has 0 amide bonds. The summed E-state index contributed by atoms with van der Waals surface area (Å²) in [7, 11) is 0. The maximum Gasteiger partial charge on any atom is 0.345 e. The van der Waals surface area contributed by atoms with Gasteiger partial charge in [0.2, 0.25) is 0 Å². The molecule has 1 aromatic rings. The van der Waals surface area contributed by atoms with E-state index in [0.717, 1.165) is 5.56 Å². The van der Waals surface area contributed by atoms with Gasteiger partial charge in [-0.2, -0.15) is 0 Å². The van der Waals surface area contributed by atoms with Gasteiger partial charge in [-0.05, 0) is 25.0 Å². The predicted molar refractivity (Wildman–Crippen MR) is 67.3 cm³/mol. The first-order valence-corrected chi connectivity index (χ1v) is 5.76. The maximum atomic E-state index is 11.8. The van der Waals surface area contributed by atoms with Gasteiger partial charge in [0, 0.05) is 5.69 Å². The molecule has 0 bridgehead atoms. The highest BCUT2D eigenvalue weighted by Crippen LogP contribution is 2.18. The quantitative estimate of drug-likeness (QED) is 0.617. The second-order valence-corrected chi connectivity index (χ2v) is 4.06. The lowest BCUT2D eigenvalue weighted by Crippen LogP contribution is -2.27. The van der Waals surface area contributed by atoms with Crippen LogP contribution >= 0.6 is 0 Å². The van der Waals surface area contributed by atoms with Crippen molar-refractivity contribution in [3.05, 3.63) is 29.3 Å². The minimum atomic E-state index is -1.14. The van der Waals surface area contributed by atoms with Crippen LogP contribution < -0.4 is 5.73 Å². The number of rotatable bonds is 5. The van der Waals surface area contributed by atoms with E-state index in [2.05, 4.69) is 0 Å². The van der Waals surface area contributed by atoms with Crippen molar-refractivity contribution < 1.29 is 19.4 Å². The lowest BCUT2D eigenvalue weighted by molar-refractivity contribution is -0.147. The molecule has 1 atom stereocenters. The zero-order chi connectivity index (χ0) is 13.7. The van der Waals surface area contributed by atoms with Gasteiger partial charge in [-0.1, -0.05) is 25.5 Å². The zero-order valence-electron chi connectivity index (χ0n) is 10.5. The molecule has 1 unspecified atom stereocenters. The Labute approximate surface area is 106 Å². The van der Waals surface area contributed by atoms with Crippen molar-refractivity contribution in [3.8, 4) is 0 Å². The van der Waals surface area contributed by atoms with Gasteiger partial charge in [-0.15, -0.1) is 0 Å². The number of nitrogens with two attached hydrogens (primary N) is 1. The molecule has 0 aliphatic rings. The largest absolute Gasteiger partial charge is 0.479 e. The molecule has 0 aromatic heterocycles. The predicted octanol–water partition coefficient (Wildman–Crippen LogP) is 1.99. The zero-order valence-corrected chi connectivity index (χ0v) is 10.5. The third kappa shape index (κ3) is 3.23. The fourth-order valence-electron chi connectivity index (χ4n) is 1.55. The van der Waals surface area contributed by atoms with Crippen LogP contribution in [0.15, 0.2) is 18.2 Å². The van der Waals surface area contributed by atoms with Crippen LogP contribution in [-0.4, -0.2) is 23.1 Å². The number of para-hydroxylation sites is 1. The number of benzene rings is 1. The number of carbonyl (C=O) groups excluding carboxylic acids is 1. The molecule has 18 heavy (non-hydrogen) atoms. The third-order valence-electron chi connectivity index (χ3n) is 2.62. The summed E-state index contributed by atoms with van der Waals surface area (Å²) in [5.41, 5.74) is 7.05. The highest BCUT2D eigenvalue weighted by molar-refractivity contribution is 5.96. The minimum Gasteiger partial charge on any atom is -0.479 e. The van der Waals surface area contributed by atoms with Gasteiger partial charge in [0.05, 0.1) is 5.56 Å². The molecule has 0 spiro atoms. The Morgan fingerprint density at radius 1 is 1.44 bits per heavy atom. The third-order valence-corrected chi connectivity index (χ3v) is 2.62. The number of carboxylic acids is 1. The molecule has 0 heterocycles. The van der Waals surface area contributed by atoms with E-state index < -0.39 is 18.0 Å². The van der Waals surface area contributed by atoms with E-state index in [9.17, 15) is 9.59 Å². The van der Waals surface area contributed by atoms with Gasteiger partial charge in [-0.25, -0.2) is 9.59 Å². The van der Waals surface area contributed by atoms with Crippen LogP contribution in [-0.2, 0) is 9.53 Å². The Kier molecular flexibility index (Phi) is 4.71. The topological polar surface area (TPSA) is 89.6 Å². The Morgan fingerprint density at radius 3 is 2.67 bits per heavy atom. The van der Waals surface area contributed by atoms with Gasteiger partial charge < -0.3 is 15.6 Å². The number of carboxylic acid groups (broad SMARTS) is 1. The molecule has 0 saturated carbocycles. The van der Waals surface area contributed by atoms with Gasteiger partial charge in [-0.3, -0.25) is 0 Å². The Bertz CT molecular complexity index is 456. The molecule has 0 aliphatic heterocycles. The van der Waals surface area contributed by atoms with Crippen molar-refractivity contribution in [2.24, 2.45) is 0 Å². The van der Waals surface area contributed by atoms with Crippen LogP contribution in [0.25, 0.3) is 0 Å². The summed E-state index contributed by atoms with van der Waals surface area (Å²) < 4.78 is 4.96. The molecule has 5 heteroatoms. The first-order valence-electron chi connectivity index (χ1n) is 5.76. The van der Waals surface area contributed by atoms with Crippen molar-refractivity contribution in [3.63, 3.8) is 0 Å². The number of aliphatic carboxylic acids is 1. The Hall–Kier alpha value is -2.04. The van der Waals surface area contributed by atoms with E-state index in [4.69, 9.17) is 15.6 Å². The van der Waals surface area contributed by atoms with Crippen molar-refractivity contribution in [1.82, 2.24) is 0 Å². The average molecular weight is 251 g/mol.